The third-order valence-electron chi connectivity index (χ3n) is 4.09. The highest BCUT2D eigenvalue weighted by Crippen LogP contribution is 2.32. The normalized spacial score (nSPS) is 17.0. The SMILES string of the molecule is CCNC(=NCc1ccc(Cl)cc1)NCC1(SC)CCOCC1.I. The number of aliphatic imine (C=N–C) groups is 1. The van der Waals surface area contributed by atoms with Crippen LogP contribution >= 0.6 is 47.3 Å². The van der Waals surface area contributed by atoms with Crippen LogP contribution in [-0.2, 0) is 11.3 Å². The molecule has 1 aromatic carbocycles. The molecule has 2 rings (SSSR count). The number of hydrogen-bond acceptors (Lipinski definition) is 3. The molecule has 0 amide bonds. The van der Waals surface area contributed by atoms with Gasteiger partial charge in [-0.2, -0.15) is 11.8 Å². The molecule has 1 aromatic rings. The molecule has 0 atom stereocenters. The number of nitrogens with zero attached hydrogens (tertiary/aromatic N) is 1. The van der Waals surface area contributed by atoms with Crippen molar-refractivity contribution in [2.24, 2.45) is 4.99 Å². The van der Waals surface area contributed by atoms with E-state index < -0.39 is 0 Å². The van der Waals surface area contributed by atoms with Crippen molar-refractivity contribution in [2.45, 2.75) is 31.1 Å². The van der Waals surface area contributed by atoms with Crippen LogP contribution in [0.25, 0.3) is 0 Å². The molecule has 0 radical (unpaired) electrons. The van der Waals surface area contributed by atoms with Gasteiger partial charge in [0, 0.05) is 36.1 Å². The summed E-state index contributed by atoms with van der Waals surface area (Å²) >= 11 is 7.85. The second kappa shape index (κ2) is 11.4. The van der Waals surface area contributed by atoms with Gasteiger partial charge >= 0.3 is 0 Å². The van der Waals surface area contributed by atoms with E-state index in [1.165, 1.54) is 0 Å². The van der Waals surface area contributed by atoms with Crippen LogP contribution in [0.1, 0.15) is 25.3 Å². The van der Waals surface area contributed by atoms with Gasteiger partial charge in [0.2, 0.25) is 0 Å². The van der Waals surface area contributed by atoms with Crippen LogP contribution in [0, 0.1) is 0 Å². The predicted octanol–water partition coefficient (Wildman–Crippen LogP) is 3.93. The van der Waals surface area contributed by atoms with E-state index >= 15 is 0 Å². The van der Waals surface area contributed by atoms with E-state index in [9.17, 15) is 0 Å². The van der Waals surface area contributed by atoms with Crippen LogP contribution in [0.15, 0.2) is 29.3 Å². The van der Waals surface area contributed by atoms with Crippen molar-refractivity contribution < 1.29 is 4.74 Å². The molecule has 1 fully saturated rings. The zero-order valence-electron chi connectivity index (χ0n) is 14.3. The molecule has 0 saturated carbocycles. The van der Waals surface area contributed by atoms with E-state index in [0.29, 0.717) is 6.54 Å². The van der Waals surface area contributed by atoms with Crippen molar-refractivity contribution in [1.29, 1.82) is 0 Å². The Morgan fingerprint density at radius 3 is 2.50 bits per heavy atom. The van der Waals surface area contributed by atoms with Gasteiger partial charge in [0.25, 0.3) is 0 Å². The van der Waals surface area contributed by atoms with Crippen LogP contribution < -0.4 is 10.6 Å². The molecule has 7 heteroatoms. The van der Waals surface area contributed by atoms with Crippen LogP contribution in [0.4, 0.5) is 0 Å². The van der Waals surface area contributed by atoms with E-state index in [1.807, 2.05) is 36.0 Å². The lowest BCUT2D eigenvalue weighted by molar-refractivity contribution is 0.0783. The molecular formula is C17H27ClIN3OS. The Labute approximate surface area is 171 Å². The number of thioether (sulfide) groups is 1. The quantitative estimate of drug-likeness (QED) is 0.366. The first kappa shape index (κ1) is 21.9. The second-order valence-corrected chi connectivity index (χ2v) is 7.39. The minimum atomic E-state index is 0. The minimum absolute atomic E-state index is 0. The number of rotatable bonds is 6. The van der Waals surface area contributed by atoms with Gasteiger partial charge < -0.3 is 15.4 Å². The number of benzene rings is 1. The summed E-state index contributed by atoms with van der Waals surface area (Å²) < 4.78 is 5.74. The van der Waals surface area contributed by atoms with Gasteiger partial charge in [-0.1, -0.05) is 23.7 Å². The van der Waals surface area contributed by atoms with E-state index in [0.717, 1.165) is 55.7 Å². The van der Waals surface area contributed by atoms with Crippen molar-refractivity contribution in [3.8, 4) is 0 Å². The summed E-state index contributed by atoms with van der Waals surface area (Å²) in [4.78, 5) is 4.67. The molecule has 2 N–H and O–H groups in total. The van der Waals surface area contributed by atoms with Gasteiger partial charge in [0.05, 0.1) is 6.54 Å². The molecule has 1 heterocycles. The fourth-order valence-corrected chi connectivity index (χ4v) is 3.46. The molecule has 1 aliphatic heterocycles. The summed E-state index contributed by atoms with van der Waals surface area (Å²) in [6, 6.07) is 7.82. The molecule has 0 aliphatic carbocycles. The molecular weight excluding hydrogens is 457 g/mol. The van der Waals surface area contributed by atoms with E-state index in [2.05, 4.69) is 28.8 Å². The molecule has 4 nitrogen and oxygen atoms in total. The summed E-state index contributed by atoms with van der Waals surface area (Å²) in [5.41, 5.74) is 1.15. The van der Waals surface area contributed by atoms with Crippen molar-refractivity contribution in [1.82, 2.24) is 10.6 Å². The first-order valence-electron chi connectivity index (χ1n) is 8.07. The van der Waals surface area contributed by atoms with Gasteiger partial charge in [-0.3, -0.25) is 0 Å². The lowest BCUT2D eigenvalue weighted by atomic mass is 9.99. The average Bonchev–Trinajstić information content (AvgIpc) is 2.59. The van der Waals surface area contributed by atoms with E-state index in [4.69, 9.17) is 16.3 Å². The summed E-state index contributed by atoms with van der Waals surface area (Å²) in [6.45, 7) is 6.17. The van der Waals surface area contributed by atoms with Gasteiger partial charge in [-0.05, 0) is 43.7 Å². The second-order valence-electron chi connectivity index (χ2n) is 5.67. The molecule has 0 unspecified atom stereocenters. The van der Waals surface area contributed by atoms with Crippen molar-refractivity contribution in [2.75, 3.05) is 32.6 Å². The highest BCUT2D eigenvalue weighted by atomic mass is 127. The molecule has 136 valence electrons. The maximum atomic E-state index is 5.92. The molecule has 1 saturated heterocycles. The van der Waals surface area contributed by atoms with Crippen molar-refractivity contribution in [3.63, 3.8) is 0 Å². The molecule has 0 bridgehead atoms. The number of halogens is 2. The lowest BCUT2D eigenvalue weighted by Crippen LogP contribution is -2.47. The summed E-state index contributed by atoms with van der Waals surface area (Å²) in [6.07, 6.45) is 4.35. The van der Waals surface area contributed by atoms with Gasteiger partial charge in [0.15, 0.2) is 5.96 Å². The van der Waals surface area contributed by atoms with Crippen molar-refractivity contribution in [3.05, 3.63) is 34.9 Å². The Hall–Kier alpha value is -0.180. The number of hydrogen-bond donors (Lipinski definition) is 2. The number of ether oxygens (including phenoxy) is 1. The first-order valence-corrected chi connectivity index (χ1v) is 9.67. The fraction of sp³-hybridized carbons (Fsp3) is 0.588. The van der Waals surface area contributed by atoms with E-state index in [-0.39, 0.29) is 28.7 Å². The summed E-state index contributed by atoms with van der Waals surface area (Å²) in [5, 5.41) is 7.57. The standard InChI is InChI=1S/C17H26ClN3OS.HI/c1-3-19-16(20-12-14-4-6-15(18)7-5-14)21-13-17(23-2)8-10-22-11-9-17;/h4-7H,3,8-13H2,1-2H3,(H2,19,20,21);1H. The van der Waals surface area contributed by atoms with Crippen LogP contribution in [0.2, 0.25) is 5.02 Å². The molecule has 24 heavy (non-hydrogen) atoms. The summed E-state index contributed by atoms with van der Waals surface area (Å²) in [7, 11) is 0. The third-order valence-corrected chi connectivity index (χ3v) is 5.76. The Bertz CT molecular complexity index is 507. The smallest absolute Gasteiger partial charge is 0.191 e. The molecule has 1 aliphatic rings. The van der Waals surface area contributed by atoms with Crippen LogP contribution in [-0.4, -0.2) is 43.3 Å². The van der Waals surface area contributed by atoms with Crippen molar-refractivity contribution >= 4 is 53.3 Å². The van der Waals surface area contributed by atoms with Gasteiger partial charge in [0.1, 0.15) is 0 Å². The van der Waals surface area contributed by atoms with Crippen LogP contribution in [0.5, 0.6) is 0 Å². The summed E-state index contributed by atoms with van der Waals surface area (Å²) in [5.74, 6) is 0.863. The Balaban J connectivity index is 0.00000288. The zero-order chi connectivity index (χ0) is 16.5. The lowest BCUT2D eigenvalue weighted by Gasteiger charge is -2.36. The number of guanidine groups is 1. The largest absolute Gasteiger partial charge is 0.381 e. The minimum Gasteiger partial charge on any atom is -0.381 e. The van der Waals surface area contributed by atoms with Crippen LogP contribution in [0.3, 0.4) is 0 Å². The maximum absolute atomic E-state index is 5.92. The monoisotopic (exact) mass is 483 g/mol. The molecule has 0 spiro atoms. The molecule has 0 aromatic heterocycles. The zero-order valence-corrected chi connectivity index (χ0v) is 18.2. The average molecular weight is 484 g/mol. The number of nitrogens with one attached hydrogen (secondary N) is 2. The fourth-order valence-electron chi connectivity index (χ4n) is 2.54. The predicted molar refractivity (Wildman–Crippen MR) is 116 cm³/mol. The van der Waals surface area contributed by atoms with Gasteiger partial charge in [-0.15, -0.1) is 24.0 Å². The Morgan fingerprint density at radius 2 is 1.92 bits per heavy atom. The Morgan fingerprint density at radius 1 is 1.25 bits per heavy atom. The van der Waals surface area contributed by atoms with Gasteiger partial charge in [-0.25, -0.2) is 4.99 Å². The third kappa shape index (κ3) is 6.98. The highest BCUT2D eigenvalue weighted by Gasteiger charge is 2.31. The first-order chi connectivity index (χ1) is 11.2. The highest BCUT2D eigenvalue weighted by molar-refractivity contribution is 14.0. The topological polar surface area (TPSA) is 45.7 Å². The Kier molecular flexibility index (Phi) is 10.4. The maximum Gasteiger partial charge on any atom is 0.191 e. The van der Waals surface area contributed by atoms with E-state index in [1.54, 1.807) is 0 Å².